The molecule has 2 saturated heterocycles. The number of rotatable bonds is 1. The van der Waals surface area contributed by atoms with Gasteiger partial charge in [-0.05, 0) is 18.4 Å². The molecule has 0 aliphatic carbocycles. The van der Waals surface area contributed by atoms with Crippen LogP contribution in [0.4, 0.5) is 4.39 Å². The van der Waals surface area contributed by atoms with Crippen molar-refractivity contribution in [2.24, 2.45) is 0 Å². The number of halogens is 1. The van der Waals surface area contributed by atoms with Crippen LogP contribution in [-0.2, 0) is 4.79 Å². The van der Waals surface area contributed by atoms with Gasteiger partial charge in [-0.1, -0.05) is 0 Å². The fourth-order valence-electron chi connectivity index (χ4n) is 2.29. The molecular formula is C9H12FNO2. The van der Waals surface area contributed by atoms with Gasteiger partial charge in [0.15, 0.2) is 0 Å². The Balaban J connectivity index is 2.29. The topological polar surface area (TPSA) is 40.5 Å². The number of carbonyl (C=O) groups is 1. The SMILES string of the molecule is O=C1CCC2(CO)C/C(=C/F)CN12. The van der Waals surface area contributed by atoms with Gasteiger partial charge in [0.05, 0.1) is 18.5 Å². The van der Waals surface area contributed by atoms with Crippen molar-refractivity contribution in [1.82, 2.24) is 4.90 Å². The number of aliphatic hydroxyl groups excluding tert-OH is 1. The van der Waals surface area contributed by atoms with Crippen LogP contribution in [0.25, 0.3) is 0 Å². The molecule has 2 heterocycles. The molecule has 72 valence electrons. The zero-order valence-electron chi connectivity index (χ0n) is 7.29. The van der Waals surface area contributed by atoms with Crippen molar-refractivity contribution in [3.63, 3.8) is 0 Å². The fraction of sp³-hybridized carbons (Fsp3) is 0.667. The lowest BCUT2D eigenvalue weighted by Crippen LogP contribution is -2.43. The molecule has 1 atom stereocenters. The second-order valence-corrected chi connectivity index (χ2v) is 3.81. The zero-order valence-corrected chi connectivity index (χ0v) is 7.29. The van der Waals surface area contributed by atoms with E-state index in [0.29, 0.717) is 37.7 Å². The Bertz CT molecular complexity index is 277. The van der Waals surface area contributed by atoms with Gasteiger partial charge in [-0.2, -0.15) is 0 Å². The fourth-order valence-corrected chi connectivity index (χ4v) is 2.29. The summed E-state index contributed by atoms with van der Waals surface area (Å²) in [4.78, 5) is 13.0. The third-order valence-electron chi connectivity index (χ3n) is 3.04. The molecule has 0 aromatic carbocycles. The van der Waals surface area contributed by atoms with Gasteiger partial charge in [0.2, 0.25) is 5.91 Å². The van der Waals surface area contributed by atoms with Crippen LogP contribution >= 0.6 is 0 Å². The summed E-state index contributed by atoms with van der Waals surface area (Å²) in [6, 6.07) is 0. The minimum absolute atomic E-state index is 0.0332. The normalized spacial score (nSPS) is 36.0. The predicted octanol–water partition coefficient (Wildman–Crippen LogP) is 0.597. The third-order valence-corrected chi connectivity index (χ3v) is 3.04. The molecule has 3 nitrogen and oxygen atoms in total. The second kappa shape index (κ2) is 2.80. The lowest BCUT2D eigenvalue weighted by molar-refractivity contribution is -0.130. The van der Waals surface area contributed by atoms with Crippen LogP contribution in [0.3, 0.4) is 0 Å². The Morgan fingerprint density at radius 2 is 2.46 bits per heavy atom. The van der Waals surface area contributed by atoms with Gasteiger partial charge in [-0.15, -0.1) is 0 Å². The number of amides is 1. The van der Waals surface area contributed by atoms with Crippen molar-refractivity contribution in [2.75, 3.05) is 13.2 Å². The first-order valence-corrected chi connectivity index (χ1v) is 4.41. The van der Waals surface area contributed by atoms with Crippen molar-refractivity contribution in [3.8, 4) is 0 Å². The van der Waals surface area contributed by atoms with E-state index < -0.39 is 5.54 Å². The number of carbonyl (C=O) groups excluding carboxylic acids is 1. The molecule has 0 bridgehead atoms. The van der Waals surface area contributed by atoms with Gasteiger partial charge in [-0.25, -0.2) is 4.39 Å². The van der Waals surface area contributed by atoms with E-state index in [1.807, 2.05) is 0 Å². The lowest BCUT2D eigenvalue weighted by Gasteiger charge is -2.28. The Kier molecular flexibility index (Phi) is 1.87. The van der Waals surface area contributed by atoms with Crippen LogP contribution in [0, 0.1) is 0 Å². The Hall–Kier alpha value is -0.900. The summed E-state index contributed by atoms with van der Waals surface area (Å²) in [5.41, 5.74) is 0.136. The molecule has 0 spiro atoms. The Morgan fingerprint density at radius 1 is 1.69 bits per heavy atom. The molecule has 13 heavy (non-hydrogen) atoms. The van der Waals surface area contributed by atoms with E-state index >= 15 is 0 Å². The quantitative estimate of drug-likeness (QED) is 0.649. The van der Waals surface area contributed by atoms with Crippen molar-refractivity contribution in [1.29, 1.82) is 0 Å². The predicted molar refractivity (Wildman–Crippen MR) is 44.6 cm³/mol. The van der Waals surface area contributed by atoms with Gasteiger partial charge in [-0.3, -0.25) is 4.79 Å². The summed E-state index contributed by atoms with van der Waals surface area (Å²) in [5, 5.41) is 9.21. The molecular weight excluding hydrogens is 173 g/mol. The molecule has 0 aromatic rings. The Morgan fingerprint density at radius 3 is 3.00 bits per heavy atom. The van der Waals surface area contributed by atoms with Crippen LogP contribution in [0.15, 0.2) is 11.9 Å². The maximum atomic E-state index is 12.3. The van der Waals surface area contributed by atoms with E-state index in [2.05, 4.69) is 0 Å². The molecule has 4 heteroatoms. The monoisotopic (exact) mass is 185 g/mol. The smallest absolute Gasteiger partial charge is 0.223 e. The van der Waals surface area contributed by atoms with Crippen molar-refractivity contribution in [3.05, 3.63) is 11.9 Å². The second-order valence-electron chi connectivity index (χ2n) is 3.81. The van der Waals surface area contributed by atoms with Crippen molar-refractivity contribution < 1.29 is 14.3 Å². The molecule has 1 N–H and O–H groups in total. The van der Waals surface area contributed by atoms with Crippen LogP contribution in [-0.4, -0.2) is 34.6 Å². The molecule has 1 amide bonds. The summed E-state index contributed by atoms with van der Waals surface area (Å²) in [6.07, 6.45) is 2.19. The van der Waals surface area contributed by atoms with Gasteiger partial charge in [0.25, 0.3) is 0 Å². The van der Waals surface area contributed by atoms with E-state index in [0.717, 1.165) is 0 Å². The zero-order chi connectivity index (χ0) is 9.47. The van der Waals surface area contributed by atoms with Crippen LogP contribution in [0.2, 0.25) is 0 Å². The minimum atomic E-state index is -0.477. The molecule has 2 rings (SSSR count). The average molecular weight is 185 g/mol. The number of fused-ring (bicyclic) bond motifs is 1. The maximum absolute atomic E-state index is 12.3. The summed E-state index contributed by atoms with van der Waals surface area (Å²) >= 11 is 0. The number of aliphatic hydroxyl groups is 1. The summed E-state index contributed by atoms with van der Waals surface area (Å²) in [6.45, 7) is 0.298. The van der Waals surface area contributed by atoms with Gasteiger partial charge in [0, 0.05) is 13.0 Å². The lowest BCUT2D eigenvalue weighted by atomic mass is 9.94. The summed E-state index contributed by atoms with van der Waals surface area (Å²) in [5.74, 6) is 0.0332. The minimum Gasteiger partial charge on any atom is -0.394 e. The van der Waals surface area contributed by atoms with Crippen LogP contribution < -0.4 is 0 Å². The first-order valence-electron chi connectivity index (χ1n) is 4.41. The van der Waals surface area contributed by atoms with E-state index in [1.165, 1.54) is 0 Å². The van der Waals surface area contributed by atoms with E-state index in [-0.39, 0.29) is 12.5 Å². The van der Waals surface area contributed by atoms with Gasteiger partial charge < -0.3 is 10.0 Å². The highest BCUT2D eigenvalue weighted by Crippen LogP contribution is 2.41. The highest BCUT2D eigenvalue weighted by atomic mass is 19.1. The first-order chi connectivity index (χ1) is 6.22. The standard InChI is InChI=1S/C9H12FNO2/c10-4-7-3-9(6-12)2-1-8(13)11(9)5-7/h4,12H,1-3,5-6H2/b7-4-. The summed E-state index contributed by atoms with van der Waals surface area (Å²) < 4.78 is 12.3. The summed E-state index contributed by atoms with van der Waals surface area (Å²) in [7, 11) is 0. The van der Waals surface area contributed by atoms with Crippen LogP contribution in [0.1, 0.15) is 19.3 Å². The van der Waals surface area contributed by atoms with Crippen molar-refractivity contribution in [2.45, 2.75) is 24.8 Å². The number of hydrogen-bond acceptors (Lipinski definition) is 2. The van der Waals surface area contributed by atoms with Gasteiger partial charge in [0.1, 0.15) is 0 Å². The van der Waals surface area contributed by atoms with E-state index in [9.17, 15) is 14.3 Å². The number of nitrogens with zero attached hydrogens (tertiary/aromatic N) is 1. The highest BCUT2D eigenvalue weighted by molar-refractivity contribution is 5.81. The molecule has 0 saturated carbocycles. The first kappa shape index (κ1) is 8.69. The molecule has 1 unspecified atom stereocenters. The molecule has 2 aliphatic heterocycles. The van der Waals surface area contributed by atoms with E-state index in [4.69, 9.17) is 0 Å². The van der Waals surface area contributed by atoms with E-state index in [1.54, 1.807) is 4.90 Å². The van der Waals surface area contributed by atoms with Gasteiger partial charge >= 0.3 is 0 Å². The maximum Gasteiger partial charge on any atom is 0.223 e. The molecule has 0 aromatic heterocycles. The average Bonchev–Trinajstić information content (AvgIpc) is 2.65. The largest absolute Gasteiger partial charge is 0.394 e. The molecule has 0 radical (unpaired) electrons. The van der Waals surface area contributed by atoms with Crippen molar-refractivity contribution >= 4 is 5.91 Å². The number of hydrogen-bond donors (Lipinski definition) is 1. The molecule has 2 aliphatic rings. The third kappa shape index (κ3) is 1.09. The Labute approximate surface area is 75.8 Å². The van der Waals surface area contributed by atoms with Crippen LogP contribution in [0.5, 0.6) is 0 Å². The molecule has 2 fully saturated rings. The highest BCUT2D eigenvalue weighted by Gasteiger charge is 2.49.